The lowest BCUT2D eigenvalue weighted by Gasteiger charge is -2.19. The number of hydrogen-bond acceptors (Lipinski definition) is 9. The van der Waals surface area contributed by atoms with Crippen LogP contribution in [0.2, 0.25) is 0 Å². The summed E-state index contributed by atoms with van der Waals surface area (Å²) in [6.07, 6.45) is 4.84. The molecule has 0 spiro atoms. The number of carbonyl (C=O) groups excluding carboxylic acids is 1. The Morgan fingerprint density at radius 1 is 1.00 bits per heavy atom. The summed E-state index contributed by atoms with van der Waals surface area (Å²) in [6, 6.07) is 9.00. The smallest absolute Gasteiger partial charge is 0.435 e. The number of nitrogens with zero attached hydrogens (tertiary/aromatic N) is 7. The van der Waals surface area contributed by atoms with Gasteiger partial charge >= 0.3 is 6.09 Å². The van der Waals surface area contributed by atoms with Gasteiger partial charge in [0.15, 0.2) is 11.6 Å². The maximum Gasteiger partial charge on any atom is 0.435 e. The molecular weight excluding hydrogens is 518 g/mol. The van der Waals surface area contributed by atoms with Gasteiger partial charge in [0, 0.05) is 23.3 Å². The van der Waals surface area contributed by atoms with E-state index in [9.17, 15) is 13.6 Å². The number of fused-ring (bicyclic) bond motifs is 1. The van der Waals surface area contributed by atoms with Gasteiger partial charge in [-0.1, -0.05) is 5.92 Å². The SMILES string of the molecule is CC(C)(C)OC(=O)n1ncc2cc(C#Cc3ccnc(-c4ccnc(NCc5ccc(F)cn5)n4)n3)cc(F)c21. The van der Waals surface area contributed by atoms with E-state index in [-0.39, 0.29) is 5.52 Å². The first-order valence-corrected chi connectivity index (χ1v) is 12.1. The van der Waals surface area contributed by atoms with E-state index in [1.807, 2.05) is 0 Å². The van der Waals surface area contributed by atoms with Crippen molar-refractivity contribution in [2.24, 2.45) is 0 Å². The van der Waals surface area contributed by atoms with Crippen molar-refractivity contribution in [2.75, 3.05) is 5.32 Å². The summed E-state index contributed by atoms with van der Waals surface area (Å²) >= 11 is 0. The molecular formula is C28H22F2N8O2. The normalized spacial score (nSPS) is 11.1. The molecule has 5 aromatic rings. The van der Waals surface area contributed by atoms with Crippen molar-refractivity contribution < 1.29 is 18.3 Å². The van der Waals surface area contributed by atoms with E-state index >= 15 is 0 Å². The quantitative estimate of drug-likeness (QED) is 0.322. The van der Waals surface area contributed by atoms with Gasteiger partial charge < -0.3 is 10.1 Å². The summed E-state index contributed by atoms with van der Waals surface area (Å²) in [5.41, 5.74) is 1.09. The number of benzene rings is 1. The fourth-order valence-electron chi connectivity index (χ4n) is 3.57. The molecule has 1 N–H and O–H groups in total. The van der Waals surface area contributed by atoms with Crippen molar-refractivity contribution in [3.8, 4) is 23.4 Å². The molecule has 4 aromatic heterocycles. The van der Waals surface area contributed by atoms with Gasteiger partial charge in [-0.15, -0.1) is 0 Å². The van der Waals surface area contributed by atoms with E-state index in [0.717, 1.165) is 10.9 Å². The van der Waals surface area contributed by atoms with E-state index in [2.05, 4.69) is 47.2 Å². The van der Waals surface area contributed by atoms with Crippen LogP contribution in [0, 0.1) is 23.5 Å². The fourth-order valence-corrected chi connectivity index (χ4v) is 3.57. The number of nitrogens with one attached hydrogen (secondary N) is 1. The Hall–Kier alpha value is -5.31. The van der Waals surface area contributed by atoms with Crippen molar-refractivity contribution in [2.45, 2.75) is 32.9 Å². The van der Waals surface area contributed by atoms with Crippen LogP contribution in [0.1, 0.15) is 37.7 Å². The van der Waals surface area contributed by atoms with Crippen LogP contribution in [0.15, 0.2) is 61.2 Å². The van der Waals surface area contributed by atoms with Crippen LogP contribution in [0.3, 0.4) is 0 Å². The van der Waals surface area contributed by atoms with Crippen LogP contribution < -0.4 is 5.32 Å². The maximum absolute atomic E-state index is 15.0. The number of carbonyl (C=O) groups is 1. The lowest BCUT2D eigenvalue weighted by Crippen LogP contribution is -2.27. The summed E-state index contributed by atoms with van der Waals surface area (Å²) in [5.74, 6) is 5.36. The molecule has 0 atom stereocenters. The molecule has 0 unspecified atom stereocenters. The standard InChI is InChI=1S/C28H22F2N8O2/c1-28(2,3)40-27(39)38-24-18(14-35-38)12-17(13-22(24)30)4-6-20-8-10-31-25(36-20)23-9-11-32-26(37-23)34-16-21-7-5-19(29)15-33-21/h5,7-15H,16H2,1-3H3,(H,32,34,37). The maximum atomic E-state index is 15.0. The lowest BCUT2D eigenvalue weighted by molar-refractivity contribution is 0.0521. The van der Waals surface area contributed by atoms with Crippen LogP contribution in [-0.4, -0.2) is 46.4 Å². The largest absolute Gasteiger partial charge is 0.442 e. The number of anilines is 1. The van der Waals surface area contributed by atoms with Crippen molar-refractivity contribution >= 4 is 22.9 Å². The van der Waals surface area contributed by atoms with Crippen LogP contribution in [0.25, 0.3) is 22.4 Å². The minimum absolute atomic E-state index is 0.00695. The first-order valence-electron chi connectivity index (χ1n) is 12.1. The molecule has 0 bridgehead atoms. The summed E-state index contributed by atoms with van der Waals surface area (Å²) in [6.45, 7) is 5.45. The average Bonchev–Trinajstić information content (AvgIpc) is 3.36. The third-order valence-electron chi connectivity index (χ3n) is 5.27. The third-order valence-corrected chi connectivity index (χ3v) is 5.27. The van der Waals surface area contributed by atoms with Gasteiger partial charge in [0.1, 0.15) is 28.3 Å². The van der Waals surface area contributed by atoms with Crippen LogP contribution >= 0.6 is 0 Å². The number of rotatable bonds is 4. The van der Waals surface area contributed by atoms with E-state index in [4.69, 9.17) is 4.74 Å². The molecule has 0 amide bonds. The molecule has 4 heterocycles. The highest BCUT2D eigenvalue weighted by molar-refractivity contribution is 5.89. The predicted octanol–water partition coefficient (Wildman–Crippen LogP) is 4.75. The van der Waals surface area contributed by atoms with Gasteiger partial charge in [-0.2, -0.15) is 9.78 Å². The lowest BCUT2D eigenvalue weighted by atomic mass is 10.1. The Balaban J connectivity index is 1.34. The van der Waals surface area contributed by atoms with Crippen LogP contribution in [0.5, 0.6) is 0 Å². The molecule has 0 radical (unpaired) electrons. The van der Waals surface area contributed by atoms with Crippen LogP contribution in [-0.2, 0) is 11.3 Å². The molecule has 10 nitrogen and oxygen atoms in total. The minimum atomic E-state index is -0.774. The Bertz CT molecular complexity index is 1770. The van der Waals surface area contributed by atoms with Gasteiger partial charge in [-0.3, -0.25) is 4.98 Å². The Morgan fingerprint density at radius 3 is 2.60 bits per heavy atom. The highest BCUT2D eigenvalue weighted by Crippen LogP contribution is 2.21. The molecule has 0 aliphatic rings. The van der Waals surface area contributed by atoms with Crippen LogP contribution in [0.4, 0.5) is 19.5 Å². The molecule has 40 heavy (non-hydrogen) atoms. The van der Waals surface area contributed by atoms with Gasteiger partial charge in [0.2, 0.25) is 5.95 Å². The second-order valence-corrected chi connectivity index (χ2v) is 9.53. The monoisotopic (exact) mass is 540 g/mol. The summed E-state index contributed by atoms with van der Waals surface area (Å²) < 4.78 is 34.2. The molecule has 12 heteroatoms. The Labute approximate surface area is 227 Å². The molecule has 5 rings (SSSR count). The fraction of sp³-hybridized carbons (Fsp3) is 0.179. The van der Waals surface area contributed by atoms with Gasteiger partial charge in [-0.25, -0.2) is 33.5 Å². The first kappa shape index (κ1) is 26.3. The number of halogens is 2. The minimum Gasteiger partial charge on any atom is -0.442 e. The molecule has 0 aliphatic heterocycles. The number of aromatic nitrogens is 7. The number of pyridine rings is 1. The summed E-state index contributed by atoms with van der Waals surface area (Å²) in [5, 5.41) is 7.41. The highest BCUT2D eigenvalue weighted by Gasteiger charge is 2.22. The molecule has 0 aliphatic carbocycles. The van der Waals surface area contributed by atoms with Crippen molar-refractivity contribution in [3.63, 3.8) is 0 Å². The molecule has 0 saturated heterocycles. The third kappa shape index (κ3) is 6.21. The molecule has 200 valence electrons. The average molecular weight is 541 g/mol. The topological polar surface area (TPSA) is 121 Å². The Kier molecular flexibility index (Phi) is 7.11. The van der Waals surface area contributed by atoms with E-state index in [1.165, 1.54) is 18.3 Å². The van der Waals surface area contributed by atoms with Crippen molar-refractivity contribution in [1.29, 1.82) is 0 Å². The molecule has 0 fully saturated rings. The van der Waals surface area contributed by atoms with Gasteiger partial charge in [0.25, 0.3) is 0 Å². The van der Waals surface area contributed by atoms with Gasteiger partial charge in [-0.05, 0) is 63.1 Å². The highest BCUT2D eigenvalue weighted by atomic mass is 19.1. The zero-order valence-electron chi connectivity index (χ0n) is 21.7. The second-order valence-electron chi connectivity index (χ2n) is 9.53. The second kappa shape index (κ2) is 10.8. The van der Waals surface area contributed by atoms with Crippen molar-refractivity contribution in [1.82, 2.24) is 34.7 Å². The predicted molar refractivity (Wildman–Crippen MR) is 142 cm³/mol. The zero-order valence-corrected chi connectivity index (χ0v) is 21.7. The van der Waals surface area contributed by atoms with Crippen molar-refractivity contribution in [3.05, 3.63) is 89.8 Å². The number of ether oxygens (including phenoxy) is 1. The first-order chi connectivity index (χ1) is 19.1. The zero-order chi connectivity index (χ0) is 28.3. The van der Waals surface area contributed by atoms with E-state index in [0.29, 0.717) is 46.3 Å². The molecule has 1 aromatic carbocycles. The Morgan fingerprint density at radius 2 is 1.82 bits per heavy atom. The van der Waals surface area contributed by atoms with E-state index < -0.39 is 23.3 Å². The van der Waals surface area contributed by atoms with E-state index in [1.54, 1.807) is 57.4 Å². The number of hydrogen-bond donors (Lipinski definition) is 1. The summed E-state index contributed by atoms with van der Waals surface area (Å²) in [4.78, 5) is 33.7. The van der Waals surface area contributed by atoms with Gasteiger partial charge in [0.05, 0.1) is 24.6 Å². The molecule has 0 saturated carbocycles. The summed E-state index contributed by atoms with van der Waals surface area (Å²) in [7, 11) is 0.